The molecule has 0 fully saturated rings. The molecule has 0 N–H and O–H groups in total. The lowest BCUT2D eigenvalue weighted by atomic mass is 10.0. The molecule has 0 nitrogen and oxygen atoms in total. The molecule has 1 aromatic rings. The zero-order valence-electron chi connectivity index (χ0n) is 33.3. The van der Waals surface area contributed by atoms with Gasteiger partial charge < -0.3 is 0 Å². The summed E-state index contributed by atoms with van der Waals surface area (Å²) in [4.78, 5) is 0. The second-order valence-electron chi connectivity index (χ2n) is 13.1. The predicted octanol–water partition coefficient (Wildman–Crippen LogP) is 16.9. The maximum Gasteiger partial charge on any atom is -0.0398 e. The van der Waals surface area contributed by atoms with Crippen molar-refractivity contribution in [3.8, 4) is 0 Å². The minimum Gasteiger partial charge on any atom is -0.0776 e. The lowest BCUT2D eigenvalue weighted by Crippen LogP contribution is -1.93. The first-order valence-electron chi connectivity index (χ1n) is 17.4. The standard InChI is InChI=1S/C7H8.4C5H12.2C4H10.C3H8.C2H6.CH4/c1-7-5-3-2-4-6-7;1-5(2,3)4;2*1-4-5(2)3;1-3-5-4-2;1-4(2)3;1-3-4-2;1-3-2;1-2;/h2-6H,1H3;1-4H3;2*5H,4H2,1-3H3;3-5H2,1-2H3;4H,1-3H3;3-4H2,1-2H3;3H2,1-2H3;1-2H3;1H4. The van der Waals surface area contributed by atoms with E-state index in [1.54, 1.807) is 0 Å². The maximum atomic E-state index is 2.22. The van der Waals surface area contributed by atoms with Crippen LogP contribution in [-0.4, -0.2) is 0 Å². The van der Waals surface area contributed by atoms with Crippen LogP contribution in [0.3, 0.4) is 0 Å². The van der Waals surface area contributed by atoms with Crippen LogP contribution in [0.5, 0.6) is 0 Å². The van der Waals surface area contributed by atoms with Crippen LogP contribution in [0.25, 0.3) is 0 Å². The molecule has 0 amide bonds. The van der Waals surface area contributed by atoms with Crippen molar-refractivity contribution in [2.45, 2.75) is 211 Å². The fourth-order valence-electron chi connectivity index (χ4n) is 0.888. The molecule has 0 aliphatic heterocycles. The molecule has 0 spiro atoms. The van der Waals surface area contributed by atoms with Crippen molar-refractivity contribution in [2.24, 2.45) is 23.2 Å². The van der Waals surface area contributed by atoms with Crippen molar-refractivity contribution < 1.29 is 0 Å². The van der Waals surface area contributed by atoms with Gasteiger partial charge in [-0.1, -0.05) is 240 Å². The van der Waals surface area contributed by atoms with E-state index < -0.39 is 0 Å². The van der Waals surface area contributed by atoms with Crippen LogP contribution < -0.4 is 0 Å². The van der Waals surface area contributed by atoms with E-state index in [0.717, 1.165) is 17.8 Å². The Kier molecular flexibility index (Phi) is 97.1. The normalized spacial score (nSPS) is 8.51. The fourth-order valence-corrected chi connectivity index (χ4v) is 0.888. The van der Waals surface area contributed by atoms with Gasteiger partial charge in [0.25, 0.3) is 0 Å². The first kappa shape index (κ1) is 63.5. The summed E-state index contributed by atoms with van der Waals surface area (Å²) in [6.07, 6.45) is 10.6. The molecule has 0 heteroatoms. The lowest BCUT2D eigenvalue weighted by Gasteiger charge is -2.05. The van der Waals surface area contributed by atoms with Crippen molar-refractivity contribution in [3.63, 3.8) is 0 Å². The van der Waals surface area contributed by atoms with Gasteiger partial charge in [-0.2, -0.15) is 0 Å². The lowest BCUT2D eigenvalue weighted by molar-refractivity contribution is 0.469. The van der Waals surface area contributed by atoms with Crippen molar-refractivity contribution in [3.05, 3.63) is 35.9 Å². The van der Waals surface area contributed by atoms with E-state index in [1.165, 1.54) is 56.9 Å². The second kappa shape index (κ2) is 62.7. The van der Waals surface area contributed by atoms with Crippen LogP contribution in [0.2, 0.25) is 0 Å². The van der Waals surface area contributed by atoms with Gasteiger partial charge in [0.05, 0.1) is 0 Å². The Bertz CT molecular complexity index is 385. The van der Waals surface area contributed by atoms with E-state index >= 15 is 0 Å². The molecule has 1 rings (SSSR count). The Morgan fingerprint density at radius 1 is 0.537 bits per heavy atom. The monoisotopic (exact) mass is 587 g/mol. The van der Waals surface area contributed by atoms with Crippen molar-refractivity contribution in [1.82, 2.24) is 0 Å². The third kappa shape index (κ3) is 269. The highest BCUT2D eigenvalue weighted by atomic mass is 14.0. The summed E-state index contributed by atoms with van der Waals surface area (Å²) in [5.41, 5.74) is 1.82. The molecular formula is C41H94. The van der Waals surface area contributed by atoms with Gasteiger partial charge in [0, 0.05) is 0 Å². The third-order valence-corrected chi connectivity index (χ3v) is 3.78. The Morgan fingerprint density at radius 2 is 0.732 bits per heavy atom. The summed E-state index contributed by atoms with van der Waals surface area (Å²) in [6.45, 7) is 47.7. The quantitative estimate of drug-likeness (QED) is 0.322. The van der Waals surface area contributed by atoms with E-state index in [-0.39, 0.29) is 7.43 Å². The van der Waals surface area contributed by atoms with E-state index in [0.29, 0.717) is 5.41 Å². The van der Waals surface area contributed by atoms with Gasteiger partial charge in [-0.05, 0) is 30.1 Å². The summed E-state index contributed by atoms with van der Waals surface area (Å²) in [7, 11) is 0. The van der Waals surface area contributed by atoms with Gasteiger partial charge in [0.2, 0.25) is 0 Å². The van der Waals surface area contributed by atoms with Crippen LogP contribution in [0, 0.1) is 30.1 Å². The number of hydrogen-bond acceptors (Lipinski definition) is 0. The summed E-state index contributed by atoms with van der Waals surface area (Å²) in [5, 5.41) is 0. The van der Waals surface area contributed by atoms with Crippen LogP contribution in [0.15, 0.2) is 30.3 Å². The predicted molar refractivity (Wildman–Crippen MR) is 207 cm³/mol. The first-order valence-corrected chi connectivity index (χ1v) is 17.4. The molecule has 0 saturated carbocycles. The molecule has 0 heterocycles. The SMILES string of the molecule is C.CC.CC(C)(C)C.CC(C)C.CCC.CCC(C)C.CCC(C)C.CCCC.CCCCC.Cc1ccccc1. The van der Waals surface area contributed by atoms with Gasteiger partial charge >= 0.3 is 0 Å². The van der Waals surface area contributed by atoms with Crippen LogP contribution >= 0.6 is 0 Å². The molecule has 0 bridgehead atoms. The first-order chi connectivity index (χ1) is 18.4. The molecule has 0 radical (unpaired) electrons. The Labute approximate surface area is 269 Å². The molecule has 0 unspecified atom stereocenters. The maximum absolute atomic E-state index is 2.22. The molecule has 1 aromatic carbocycles. The summed E-state index contributed by atoms with van der Waals surface area (Å²) in [6, 6.07) is 10.3. The number of rotatable bonds is 5. The molecule has 0 atom stereocenters. The topological polar surface area (TPSA) is 0 Å². The van der Waals surface area contributed by atoms with Gasteiger partial charge in [-0.25, -0.2) is 0 Å². The smallest absolute Gasteiger partial charge is 0.0398 e. The molecular weight excluding hydrogens is 492 g/mol. The molecule has 0 saturated heterocycles. The highest BCUT2D eigenvalue weighted by Crippen LogP contribution is 2.08. The van der Waals surface area contributed by atoms with E-state index in [4.69, 9.17) is 0 Å². The average Bonchev–Trinajstić information content (AvgIpc) is 2.86. The van der Waals surface area contributed by atoms with Crippen molar-refractivity contribution >= 4 is 0 Å². The van der Waals surface area contributed by atoms with Crippen LogP contribution in [0.1, 0.15) is 210 Å². The molecule has 0 aliphatic carbocycles. The number of unbranched alkanes of at least 4 members (excludes halogenated alkanes) is 3. The van der Waals surface area contributed by atoms with Gasteiger partial charge in [-0.3, -0.25) is 0 Å². The fraction of sp³-hybridized carbons (Fsp3) is 0.854. The van der Waals surface area contributed by atoms with E-state index in [9.17, 15) is 0 Å². The van der Waals surface area contributed by atoms with Gasteiger partial charge in [0.15, 0.2) is 0 Å². The summed E-state index contributed by atoms with van der Waals surface area (Å²) in [5.74, 6) is 2.60. The second-order valence-corrected chi connectivity index (χ2v) is 13.1. The third-order valence-electron chi connectivity index (χ3n) is 3.78. The molecule has 258 valence electrons. The number of benzene rings is 1. The Balaban J connectivity index is -0.0000000407. The van der Waals surface area contributed by atoms with Gasteiger partial charge in [0.1, 0.15) is 0 Å². The molecule has 0 aromatic heterocycles. The van der Waals surface area contributed by atoms with E-state index in [1.807, 2.05) is 32.0 Å². The van der Waals surface area contributed by atoms with Crippen molar-refractivity contribution in [2.75, 3.05) is 0 Å². The van der Waals surface area contributed by atoms with E-state index in [2.05, 4.69) is 151 Å². The Hall–Kier alpha value is -0.780. The van der Waals surface area contributed by atoms with Gasteiger partial charge in [-0.15, -0.1) is 0 Å². The van der Waals surface area contributed by atoms with Crippen LogP contribution in [-0.2, 0) is 0 Å². The summed E-state index contributed by atoms with van der Waals surface area (Å²) < 4.78 is 0. The summed E-state index contributed by atoms with van der Waals surface area (Å²) >= 11 is 0. The van der Waals surface area contributed by atoms with Crippen LogP contribution in [0.4, 0.5) is 0 Å². The highest BCUT2D eigenvalue weighted by molar-refractivity contribution is 5.11. The zero-order chi connectivity index (χ0) is 34.0. The highest BCUT2D eigenvalue weighted by Gasteiger charge is 1.95. The minimum absolute atomic E-state index is 0. The average molecular weight is 587 g/mol. The Morgan fingerprint density at radius 3 is 0.780 bits per heavy atom. The van der Waals surface area contributed by atoms with Crippen molar-refractivity contribution in [1.29, 1.82) is 0 Å². The largest absolute Gasteiger partial charge is 0.0776 e. The minimum atomic E-state index is 0. The zero-order valence-corrected chi connectivity index (χ0v) is 33.3. The molecule has 0 aliphatic rings. The number of hydrogen-bond donors (Lipinski definition) is 0. The number of aryl methyl sites for hydroxylation is 1. The molecule has 41 heavy (non-hydrogen) atoms.